The molecule has 0 aliphatic heterocycles. The number of hydrogen-bond acceptors (Lipinski definition) is 30. The van der Waals surface area contributed by atoms with Crippen molar-refractivity contribution in [1.29, 1.82) is 0 Å². The SMILES string of the molecule is OOOOOOOOOOOOOOOOOOOOOOOOOOOOc1ccc(B(O)O)cc1. The third-order valence-corrected chi connectivity index (χ3v) is 2.01. The van der Waals surface area contributed by atoms with Gasteiger partial charge in [0.25, 0.3) is 0 Å². The van der Waals surface area contributed by atoms with Crippen molar-refractivity contribution in [2.24, 2.45) is 0 Å². The van der Waals surface area contributed by atoms with Gasteiger partial charge >= 0.3 is 7.12 Å². The van der Waals surface area contributed by atoms with Crippen LogP contribution in [0, 0.1) is 0 Å². The first-order chi connectivity index (χ1) is 18.2. The van der Waals surface area contributed by atoms with Gasteiger partial charge in [0.05, 0.1) is 0 Å². The van der Waals surface area contributed by atoms with Crippen LogP contribution in [0.15, 0.2) is 24.3 Å². The lowest BCUT2D eigenvalue weighted by Gasteiger charge is -2.03. The minimum Gasteiger partial charge on any atom is -0.423 e. The molecule has 0 unspecified atom stereocenters. The van der Waals surface area contributed by atoms with E-state index in [0.29, 0.717) is 0 Å². The average molecular weight is 570 g/mol. The summed E-state index contributed by atoms with van der Waals surface area (Å²) in [5.41, 5.74) is 0.195. The molecule has 1 aromatic carbocycles. The van der Waals surface area contributed by atoms with Crippen molar-refractivity contribution in [3.8, 4) is 5.75 Å². The molecule has 0 bridgehead atoms. The van der Waals surface area contributed by atoms with E-state index in [9.17, 15) is 0 Å². The Labute approximate surface area is 195 Å². The summed E-state index contributed by atoms with van der Waals surface area (Å²) < 4.78 is 0. The van der Waals surface area contributed by atoms with E-state index in [0.717, 1.165) is 0 Å². The molecular formula is C6H7BO30. The molecule has 37 heavy (non-hydrogen) atoms. The lowest BCUT2D eigenvalue weighted by molar-refractivity contribution is -0.903. The summed E-state index contributed by atoms with van der Waals surface area (Å²) in [6.07, 6.45) is 0. The van der Waals surface area contributed by atoms with E-state index in [-0.39, 0.29) is 11.2 Å². The molecular weight excluding hydrogens is 563 g/mol. The molecule has 0 aliphatic carbocycles. The molecule has 1 rings (SSSR count). The van der Waals surface area contributed by atoms with Crippen LogP contribution in [0.2, 0.25) is 0 Å². The molecule has 0 radical (unpaired) electrons. The monoisotopic (exact) mass is 570 g/mol. The first-order valence-electron chi connectivity index (χ1n) is 7.35. The van der Waals surface area contributed by atoms with Gasteiger partial charge in [-0.15, -0.1) is 0 Å². The fourth-order valence-electron chi connectivity index (χ4n) is 1.02. The molecule has 214 valence electrons. The van der Waals surface area contributed by atoms with Crippen LogP contribution in [-0.2, 0) is 131 Å². The molecule has 31 heteroatoms. The van der Waals surface area contributed by atoms with Gasteiger partial charge in [0.1, 0.15) is 0 Å². The predicted molar refractivity (Wildman–Crippen MR) is 67.7 cm³/mol. The standard InChI is InChI=1S/C6H7BO30/c8-7(9)5-1-3-6(4-2-5)11-13-15-17-19-21-23-25-27-29-31-33-35-37-36-34-32-30-28-26-24-22-20-18-16-14-12-10/h1-4,8-10H. The van der Waals surface area contributed by atoms with Crippen molar-refractivity contribution in [3.63, 3.8) is 0 Å². The molecule has 0 atom stereocenters. The van der Waals surface area contributed by atoms with Crippen LogP contribution in [0.5, 0.6) is 5.75 Å². The highest BCUT2D eigenvalue weighted by atomic mass is 18.0. The summed E-state index contributed by atoms with van der Waals surface area (Å²) in [5.74, 6) is 0.0753. The lowest BCUT2D eigenvalue weighted by atomic mass is 9.80. The normalized spacial score (nSPS) is 11.2. The summed E-state index contributed by atoms with van der Waals surface area (Å²) in [6, 6.07) is 5.22. The van der Waals surface area contributed by atoms with Gasteiger partial charge in [-0.25, -0.2) is 5.26 Å². The van der Waals surface area contributed by atoms with E-state index < -0.39 is 7.12 Å². The van der Waals surface area contributed by atoms with Crippen LogP contribution >= 0.6 is 0 Å². The summed E-state index contributed by atoms with van der Waals surface area (Å²) in [4.78, 5) is 4.51. The van der Waals surface area contributed by atoms with Crippen molar-refractivity contribution in [1.82, 2.24) is 0 Å². The Morgan fingerprint density at radius 1 is 0.378 bits per heavy atom. The number of rotatable bonds is 28. The van der Waals surface area contributed by atoms with E-state index >= 15 is 0 Å². The van der Waals surface area contributed by atoms with E-state index in [1.807, 2.05) is 0 Å². The zero-order valence-electron chi connectivity index (χ0n) is 16.3. The highest BCUT2D eigenvalue weighted by Gasteiger charge is 2.10. The van der Waals surface area contributed by atoms with Gasteiger partial charge in [-0.2, -0.15) is 0 Å². The van der Waals surface area contributed by atoms with Gasteiger partial charge in [0, 0.05) is 90.7 Å². The smallest absolute Gasteiger partial charge is 0.423 e. The Kier molecular flexibility index (Phi) is 22.8. The second-order valence-electron chi connectivity index (χ2n) is 3.80. The molecule has 0 aromatic heterocycles. The molecule has 0 spiro atoms. The predicted octanol–water partition coefficient (Wildman–Crippen LogP) is -2.56. The minimum absolute atomic E-state index is 0.0753. The Balaban J connectivity index is 1.69. The van der Waals surface area contributed by atoms with E-state index in [1.54, 1.807) is 0 Å². The Hall–Kier alpha value is -2.08. The van der Waals surface area contributed by atoms with Crippen LogP contribution in [0.4, 0.5) is 0 Å². The Morgan fingerprint density at radius 2 is 0.649 bits per heavy atom. The van der Waals surface area contributed by atoms with Crippen molar-refractivity contribution < 1.29 is 151 Å². The fourth-order valence-corrected chi connectivity index (χ4v) is 1.02. The molecule has 0 fully saturated rings. The zero-order valence-corrected chi connectivity index (χ0v) is 16.3. The minimum atomic E-state index is -1.66. The van der Waals surface area contributed by atoms with Crippen molar-refractivity contribution in [2.75, 3.05) is 0 Å². The van der Waals surface area contributed by atoms with Gasteiger partial charge in [-0.1, -0.05) is 12.1 Å². The first-order valence-corrected chi connectivity index (χ1v) is 7.35. The fraction of sp³-hybridized carbons (Fsp3) is 0. The van der Waals surface area contributed by atoms with Gasteiger partial charge in [-0.3, -0.25) is 0 Å². The van der Waals surface area contributed by atoms with Crippen molar-refractivity contribution in [3.05, 3.63) is 24.3 Å². The van der Waals surface area contributed by atoms with Gasteiger partial charge in [0.15, 0.2) is 5.75 Å². The van der Waals surface area contributed by atoms with E-state index in [4.69, 9.17) is 15.3 Å². The van der Waals surface area contributed by atoms with Crippen LogP contribution < -0.4 is 10.4 Å². The maximum absolute atomic E-state index is 8.90. The molecule has 0 saturated carbocycles. The number of hydrogen-bond donors (Lipinski definition) is 3. The summed E-state index contributed by atoms with van der Waals surface area (Å²) in [5, 5.41) is 117. The maximum atomic E-state index is 8.90. The van der Waals surface area contributed by atoms with E-state index in [2.05, 4.69) is 136 Å². The van der Waals surface area contributed by atoms with Crippen LogP contribution in [0.1, 0.15) is 0 Å². The van der Waals surface area contributed by atoms with Crippen LogP contribution in [0.3, 0.4) is 0 Å². The molecule has 3 N–H and O–H groups in total. The quantitative estimate of drug-likeness (QED) is 0.0404. The topological polar surface area (TPSA) is 310 Å². The van der Waals surface area contributed by atoms with Crippen LogP contribution in [0.25, 0.3) is 0 Å². The Morgan fingerprint density at radius 3 is 0.919 bits per heavy atom. The highest BCUT2D eigenvalue weighted by molar-refractivity contribution is 6.58. The van der Waals surface area contributed by atoms with Crippen LogP contribution in [-0.4, -0.2) is 22.4 Å². The second-order valence-corrected chi connectivity index (χ2v) is 3.80. The Bertz CT molecular complexity index is 584. The zero-order chi connectivity index (χ0) is 26.7. The van der Waals surface area contributed by atoms with Gasteiger partial charge < -0.3 is 14.9 Å². The van der Waals surface area contributed by atoms with Crippen molar-refractivity contribution in [2.45, 2.75) is 0 Å². The van der Waals surface area contributed by atoms with Gasteiger partial charge in [0.2, 0.25) is 0 Å². The molecule has 0 heterocycles. The molecule has 0 aliphatic rings. The van der Waals surface area contributed by atoms with Crippen molar-refractivity contribution >= 4 is 12.6 Å². The third-order valence-electron chi connectivity index (χ3n) is 2.01. The largest absolute Gasteiger partial charge is 0.488 e. The average Bonchev–Trinajstić information content (AvgIpc) is 2.91. The third kappa shape index (κ3) is 21.7. The summed E-state index contributed by atoms with van der Waals surface area (Å²) in [7, 11) is -1.66. The molecule has 30 nitrogen and oxygen atoms in total. The lowest BCUT2D eigenvalue weighted by Crippen LogP contribution is -2.29. The first kappa shape index (κ1) is 33.0. The summed E-state index contributed by atoms with van der Waals surface area (Å²) in [6.45, 7) is 0. The highest BCUT2D eigenvalue weighted by Crippen LogP contribution is 2.08. The molecule has 0 saturated heterocycles. The molecule has 0 amide bonds. The van der Waals surface area contributed by atoms with Gasteiger partial charge in [-0.05, 0) is 57.9 Å². The second kappa shape index (κ2) is 25.6. The maximum Gasteiger partial charge on any atom is 0.488 e. The summed E-state index contributed by atoms with van der Waals surface area (Å²) >= 11 is 0. The molecule has 1 aromatic rings. The van der Waals surface area contributed by atoms with E-state index in [1.165, 1.54) is 24.3 Å². The number of benzene rings is 1.